The van der Waals surface area contributed by atoms with Crippen molar-refractivity contribution in [2.45, 2.75) is 45.7 Å². The molecule has 20 heavy (non-hydrogen) atoms. The van der Waals surface area contributed by atoms with E-state index in [1.165, 1.54) is 18.4 Å². The van der Waals surface area contributed by atoms with Crippen LogP contribution in [0.1, 0.15) is 44.8 Å². The van der Waals surface area contributed by atoms with Gasteiger partial charge in [0.1, 0.15) is 0 Å². The van der Waals surface area contributed by atoms with Crippen molar-refractivity contribution in [1.29, 1.82) is 0 Å². The van der Waals surface area contributed by atoms with Gasteiger partial charge in [0, 0.05) is 26.2 Å². The number of hydrogen-bond donors (Lipinski definition) is 1. The third kappa shape index (κ3) is 4.15. The van der Waals surface area contributed by atoms with Gasteiger partial charge in [0.15, 0.2) is 0 Å². The van der Waals surface area contributed by atoms with Crippen LogP contribution in [0.2, 0.25) is 0 Å². The third-order valence-electron chi connectivity index (χ3n) is 3.87. The summed E-state index contributed by atoms with van der Waals surface area (Å²) in [6, 6.07) is 0.514. The fourth-order valence-electron chi connectivity index (χ4n) is 2.86. The molecule has 0 radical (unpaired) electrons. The summed E-state index contributed by atoms with van der Waals surface area (Å²) in [6.45, 7) is 8.64. The summed E-state index contributed by atoms with van der Waals surface area (Å²) in [5.41, 5.74) is 2.51. The fourth-order valence-corrected chi connectivity index (χ4v) is 2.86. The molecule has 0 atom stereocenters. The first-order valence-electron chi connectivity index (χ1n) is 7.66. The molecule has 0 aromatic carbocycles. The molecule has 5 nitrogen and oxygen atoms in total. The topological polar surface area (TPSA) is 46.0 Å². The summed E-state index contributed by atoms with van der Waals surface area (Å²) in [6.07, 6.45) is 7.88. The second-order valence-corrected chi connectivity index (χ2v) is 5.69. The third-order valence-corrected chi connectivity index (χ3v) is 3.87. The first-order valence-corrected chi connectivity index (χ1v) is 7.66. The molecule has 112 valence electrons. The number of piperidine rings is 1. The monoisotopic (exact) mass is 277 g/mol. The van der Waals surface area contributed by atoms with E-state index in [4.69, 9.17) is 0 Å². The van der Waals surface area contributed by atoms with Gasteiger partial charge in [-0.05, 0) is 33.2 Å². The predicted octanol–water partition coefficient (Wildman–Crippen LogP) is 1.99. The molecule has 0 amide bonds. The van der Waals surface area contributed by atoms with Crippen LogP contribution in [0.3, 0.4) is 0 Å². The summed E-state index contributed by atoms with van der Waals surface area (Å²) < 4.78 is 2.05. The predicted molar refractivity (Wildman–Crippen MR) is 81.5 cm³/mol. The molecule has 1 N–H and O–H groups in total. The van der Waals surface area contributed by atoms with Gasteiger partial charge in [0.25, 0.3) is 0 Å². The van der Waals surface area contributed by atoms with E-state index in [1.54, 1.807) is 0 Å². The van der Waals surface area contributed by atoms with E-state index >= 15 is 0 Å². The fraction of sp³-hybridized carbons (Fsp3) is 0.733. The van der Waals surface area contributed by atoms with Crippen LogP contribution in [0.15, 0.2) is 17.8 Å². The van der Waals surface area contributed by atoms with Gasteiger partial charge in [-0.3, -0.25) is 4.90 Å². The first-order chi connectivity index (χ1) is 9.72. The zero-order valence-corrected chi connectivity index (χ0v) is 13.0. The number of rotatable bonds is 6. The summed E-state index contributed by atoms with van der Waals surface area (Å²) in [5.74, 6) is 0. The van der Waals surface area contributed by atoms with Crippen LogP contribution >= 0.6 is 0 Å². The van der Waals surface area contributed by atoms with E-state index in [-0.39, 0.29) is 0 Å². The molecule has 1 aliphatic heterocycles. The SMILES string of the molecule is CCC=C(C)CN1CCC(n2cc(CNC)nn2)CC1. The molecule has 0 unspecified atom stereocenters. The zero-order valence-electron chi connectivity index (χ0n) is 13.0. The Balaban J connectivity index is 1.82. The van der Waals surface area contributed by atoms with Crippen LogP contribution in [0.4, 0.5) is 0 Å². The van der Waals surface area contributed by atoms with Gasteiger partial charge in [0.2, 0.25) is 0 Å². The van der Waals surface area contributed by atoms with Crippen LogP contribution < -0.4 is 5.32 Å². The van der Waals surface area contributed by atoms with Crippen molar-refractivity contribution in [2.75, 3.05) is 26.7 Å². The molecule has 0 bridgehead atoms. The normalized spacial score (nSPS) is 18.6. The van der Waals surface area contributed by atoms with E-state index in [1.807, 2.05) is 7.05 Å². The van der Waals surface area contributed by atoms with Crippen molar-refractivity contribution in [3.8, 4) is 0 Å². The highest BCUT2D eigenvalue weighted by atomic mass is 15.4. The number of allylic oxidation sites excluding steroid dienone is 1. The number of hydrogen-bond acceptors (Lipinski definition) is 4. The summed E-state index contributed by atoms with van der Waals surface area (Å²) in [7, 11) is 1.93. The molecule has 0 aliphatic carbocycles. The second-order valence-electron chi connectivity index (χ2n) is 5.69. The van der Waals surface area contributed by atoms with Gasteiger partial charge < -0.3 is 5.32 Å². The minimum Gasteiger partial charge on any atom is -0.314 e. The van der Waals surface area contributed by atoms with Gasteiger partial charge in [-0.2, -0.15) is 0 Å². The average molecular weight is 277 g/mol. The Labute approximate surface area is 122 Å². The Bertz CT molecular complexity index is 429. The van der Waals surface area contributed by atoms with Gasteiger partial charge in [-0.15, -0.1) is 5.10 Å². The average Bonchev–Trinajstić information content (AvgIpc) is 2.89. The molecular weight excluding hydrogens is 250 g/mol. The molecule has 5 heteroatoms. The largest absolute Gasteiger partial charge is 0.314 e. The lowest BCUT2D eigenvalue weighted by atomic mass is 10.0. The smallest absolute Gasteiger partial charge is 0.0964 e. The number of aromatic nitrogens is 3. The molecule has 0 spiro atoms. The summed E-state index contributed by atoms with van der Waals surface area (Å²) >= 11 is 0. The highest BCUT2D eigenvalue weighted by molar-refractivity contribution is 5.01. The van der Waals surface area contributed by atoms with Crippen molar-refractivity contribution < 1.29 is 0 Å². The minimum absolute atomic E-state index is 0.514. The molecular formula is C15H27N5. The van der Waals surface area contributed by atoms with Crippen LogP contribution in [0.25, 0.3) is 0 Å². The van der Waals surface area contributed by atoms with Crippen molar-refractivity contribution in [3.05, 3.63) is 23.5 Å². The molecule has 1 aliphatic rings. The Morgan fingerprint density at radius 1 is 1.45 bits per heavy atom. The van der Waals surface area contributed by atoms with E-state index in [9.17, 15) is 0 Å². The van der Waals surface area contributed by atoms with Crippen LogP contribution in [0, 0.1) is 0 Å². The quantitative estimate of drug-likeness (QED) is 0.808. The van der Waals surface area contributed by atoms with Crippen molar-refractivity contribution in [3.63, 3.8) is 0 Å². The van der Waals surface area contributed by atoms with Gasteiger partial charge in [-0.25, -0.2) is 4.68 Å². The van der Waals surface area contributed by atoms with E-state index in [0.29, 0.717) is 6.04 Å². The zero-order chi connectivity index (χ0) is 14.4. The lowest BCUT2D eigenvalue weighted by molar-refractivity contribution is 0.190. The minimum atomic E-state index is 0.514. The molecule has 1 fully saturated rings. The number of nitrogens with one attached hydrogen (secondary N) is 1. The van der Waals surface area contributed by atoms with Gasteiger partial charge in [0.05, 0.1) is 17.9 Å². The molecule has 1 saturated heterocycles. The maximum atomic E-state index is 4.27. The summed E-state index contributed by atoms with van der Waals surface area (Å²) in [5, 5.41) is 11.6. The maximum absolute atomic E-state index is 4.27. The number of nitrogens with zero attached hydrogens (tertiary/aromatic N) is 4. The molecule has 1 aromatic rings. The number of likely N-dealkylation sites (tertiary alicyclic amines) is 1. The Morgan fingerprint density at radius 3 is 2.85 bits per heavy atom. The van der Waals surface area contributed by atoms with Crippen LogP contribution in [-0.2, 0) is 6.54 Å². The van der Waals surface area contributed by atoms with Crippen molar-refractivity contribution >= 4 is 0 Å². The molecule has 2 rings (SSSR count). The van der Waals surface area contributed by atoms with E-state index in [2.05, 4.69) is 51.3 Å². The lowest BCUT2D eigenvalue weighted by Crippen LogP contribution is -2.35. The van der Waals surface area contributed by atoms with E-state index < -0.39 is 0 Å². The van der Waals surface area contributed by atoms with Crippen molar-refractivity contribution in [1.82, 2.24) is 25.2 Å². The maximum Gasteiger partial charge on any atom is 0.0964 e. The summed E-state index contributed by atoms with van der Waals surface area (Å²) in [4.78, 5) is 2.55. The Morgan fingerprint density at radius 2 is 2.20 bits per heavy atom. The lowest BCUT2D eigenvalue weighted by Gasteiger charge is -2.31. The van der Waals surface area contributed by atoms with Crippen LogP contribution in [0.5, 0.6) is 0 Å². The standard InChI is InChI=1S/C15H27N5/c1-4-5-13(2)11-19-8-6-15(7-9-19)20-12-14(10-16-3)17-18-20/h5,12,15-16H,4,6-11H2,1-3H3. The Hall–Kier alpha value is -1.20. The second kappa shape index (κ2) is 7.55. The Kier molecular flexibility index (Phi) is 5.73. The van der Waals surface area contributed by atoms with Gasteiger partial charge >= 0.3 is 0 Å². The molecule has 2 heterocycles. The highest BCUT2D eigenvalue weighted by Crippen LogP contribution is 2.22. The first kappa shape index (κ1) is 15.2. The molecule has 1 aromatic heterocycles. The van der Waals surface area contributed by atoms with Gasteiger partial charge in [-0.1, -0.05) is 23.8 Å². The van der Waals surface area contributed by atoms with Crippen LogP contribution in [-0.4, -0.2) is 46.6 Å². The van der Waals surface area contributed by atoms with E-state index in [0.717, 1.165) is 38.3 Å². The molecule has 0 saturated carbocycles. The highest BCUT2D eigenvalue weighted by Gasteiger charge is 2.21. The van der Waals surface area contributed by atoms with Crippen molar-refractivity contribution in [2.24, 2.45) is 0 Å².